The van der Waals surface area contributed by atoms with E-state index in [1.807, 2.05) is 0 Å². The Kier molecular flexibility index (Phi) is 4.91. The first-order valence-electron chi connectivity index (χ1n) is 8.44. The van der Waals surface area contributed by atoms with E-state index >= 15 is 0 Å². The van der Waals surface area contributed by atoms with Crippen molar-refractivity contribution >= 4 is 29.5 Å². The lowest BCUT2D eigenvalue weighted by Gasteiger charge is -2.19. The van der Waals surface area contributed by atoms with Gasteiger partial charge in [0.2, 0.25) is 5.91 Å². The van der Waals surface area contributed by atoms with Crippen molar-refractivity contribution < 1.29 is 28.3 Å². The maximum absolute atomic E-state index is 12.8. The van der Waals surface area contributed by atoms with E-state index in [0.29, 0.717) is 5.76 Å². The number of urea groups is 1. The maximum Gasteiger partial charge on any atom is 0.339 e. The molecule has 0 spiro atoms. The zero-order valence-electron chi connectivity index (χ0n) is 15.6. The highest BCUT2D eigenvalue weighted by Crippen LogP contribution is 2.30. The summed E-state index contributed by atoms with van der Waals surface area (Å²) in [6, 6.07) is 8.83. The molecule has 1 aliphatic heterocycles. The number of methoxy groups -OCH3 is 1. The number of para-hydroxylation sites is 1. The van der Waals surface area contributed by atoms with Gasteiger partial charge in [0, 0.05) is 0 Å². The van der Waals surface area contributed by atoms with Crippen LogP contribution in [-0.4, -0.2) is 42.4 Å². The zero-order chi connectivity index (χ0) is 20.5. The van der Waals surface area contributed by atoms with Gasteiger partial charge in [0.05, 0.1) is 18.4 Å². The number of hydrogen-bond acceptors (Lipinski definition) is 6. The van der Waals surface area contributed by atoms with Gasteiger partial charge in [0.25, 0.3) is 5.91 Å². The summed E-state index contributed by atoms with van der Waals surface area (Å²) in [6.07, 6.45) is 0. The topological polar surface area (TPSA) is 118 Å². The van der Waals surface area contributed by atoms with Crippen molar-refractivity contribution in [2.24, 2.45) is 0 Å². The number of amides is 4. The van der Waals surface area contributed by atoms with E-state index in [1.165, 1.54) is 26.2 Å². The van der Waals surface area contributed by atoms with Crippen molar-refractivity contribution in [2.75, 3.05) is 19.0 Å². The molecular formula is C19H19N3O6. The second kappa shape index (κ2) is 7.18. The Hall–Kier alpha value is -3.62. The summed E-state index contributed by atoms with van der Waals surface area (Å²) in [7, 11) is 1.23. The quantitative estimate of drug-likeness (QED) is 0.598. The van der Waals surface area contributed by atoms with Crippen molar-refractivity contribution in [1.29, 1.82) is 0 Å². The van der Waals surface area contributed by atoms with E-state index in [4.69, 9.17) is 4.42 Å². The average molecular weight is 385 g/mol. The molecule has 4 amide bonds. The number of aryl methyl sites for hydroxylation is 1. The second-order valence-electron chi connectivity index (χ2n) is 6.44. The second-order valence-corrected chi connectivity index (χ2v) is 6.44. The first kappa shape index (κ1) is 19.2. The van der Waals surface area contributed by atoms with E-state index < -0.39 is 35.9 Å². The summed E-state index contributed by atoms with van der Waals surface area (Å²) in [5.41, 5.74) is -1.02. The summed E-state index contributed by atoms with van der Waals surface area (Å²) < 4.78 is 10.2. The number of hydrogen-bond donors (Lipinski definition) is 2. The molecule has 1 atom stereocenters. The third kappa shape index (κ3) is 3.34. The van der Waals surface area contributed by atoms with Crippen LogP contribution >= 0.6 is 0 Å². The van der Waals surface area contributed by atoms with Gasteiger partial charge in [-0.05, 0) is 38.1 Å². The van der Waals surface area contributed by atoms with E-state index in [1.54, 1.807) is 31.2 Å². The molecule has 2 N–H and O–H groups in total. The smallest absolute Gasteiger partial charge is 0.339 e. The number of benzene rings is 1. The molecular weight excluding hydrogens is 366 g/mol. The van der Waals surface area contributed by atoms with Gasteiger partial charge in [-0.2, -0.15) is 0 Å². The normalized spacial score (nSPS) is 18.8. The fourth-order valence-electron chi connectivity index (χ4n) is 2.92. The van der Waals surface area contributed by atoms with Crippen LogP contribution in [0.4, 0.5) is 10.5 Å². The Morgan fingerprint density at radius 2 is 1.93 bits per heavy atom. The van der Waals surface area contributed by atoms with Crippen LogP contribution < -0.4 is 10.6 Å². The Morgan fingerprint density at radius 3 is 2.57 bits per heavy atom. The van der Waals surface area contributed by atoms with Crippen molar-refractivity contribution in [2.45, 2.75) is 19.4 Å². The molecule has 1 aromatic carbocycles. The predicted octanol–water partition coefficient (Wildman–Crippen LogP) is 1.78. The molecule has 28 heavy (non-hydrogen) atoms. The van der Waals surface area contributed by atoms with Crippen LogP contribution in [0.25, 0.3) is 0 Å². The Balaban J connectivity index is 1.76. The van der Waals surface area contributed by atoms with Crippen LogP contribution in [0, 0.1) is 6.92 Å². The van der Waals surface area contributed by atoms with Gasteiger partial charge in [0.15, 0.2) is 5.54 Å². The predicted molar refractivity (Wildman–Crippen MR) is 97.5 cm³/mol. The number of imide groups is 1. The van der Waals surface area contributed by atoms with E-state index in [0.717, 1.165) is 4.90 Å². The lowest BCUT2D eigenvalue weighted by atomic mass is 9.99. The lowest BCUT2D eigenvalue weighted by Crippen LogP contribution is -2.42. The highest BCUT2D eigenvalue weighted by atomic mass is 16.5. The number of esters is 1. The van der Waals surface area contributed by atoms with Crippen molar-refractivity contribution in [3.63, 3.8) is 0 Å². The molecule has 0 saturated carbocycles. The van der Waals surface area contributed by atoms with Crippen LogP contribution in [0.3, 0.4) is 0 Å². The standard InChI is InChI=1S/C19H19N3O6/c1-11-8-9-14(28-11)19(2)17(25)22(18(26)21-19)10-15(23)20-13-7-5-4-6-12(13)16(24)27-3/h4-9H,10H2,1-3H3,(H,20,23)(H,21,26). The molecule has 9 heteroatoms. The van der Waals surface area contributed by atoms with Crippen LogP contribution in [0.2, 0.25) is 0 Å². The Morgan fingerprint density at radius 1 is 1.21 bits per heavy atom. The van der Waals surface area contributed by atoms with Gasteiger partial charge in [-0.1, -0.05) is 12.1 Å². The van der Waals surface area contributed by atoms with Crippen molar-refractivity contribution in [1.82, 2.24) is 10.2 Å². The highest BCUT2D eigenvalue weighted by molar-refractivity contribution is 6.10. The third-order valence-electron chi connectivity index (χ3n) is 4.42. The number of rotatable bonds is 5. The SMILES string of the molecule is COC(=O)c1ccccc1NC(=O)CN1C(=O)NC(C)(c2ccc(C)o2)C1=O. The number of carbonyl (C=O) groups excluding carboxylic acids is 4. The fraction of sp³-hybridized carbons (Fsp3) is 0.263. The van der Waals surface area contributed by atoms with Crippen molar-refractivity contribution in [3.8, 4) is 0 Å². The molecule has 0 bridgehead atoms. The number of nitrogens with one attached hydrogen (secondary N) is 2. The van der Waals surface area contributed by atoms with E-state index in [2.05, 4.69) is 15.4 Å². The van der Waals surface area contributed by atoms with Crippen LogP contribution in [0.1, 0.15) is 28.8 Å². The molecule has 146 valence electrons. The van der Waals surface area contributed by atoms with Gasteiger partial charge in [0.1, 0.15) is 18.1 Å². The summed E-state index contributed by atoms with van der Waals surface area (Å²) in [4.78, 5) is 50.1. The summed E-state index contributed by atoms with van der Waals surface area (Å²) in [5, 5.41) is 5.09. The Labute approximate surface area is 160 Å². The first-order chi connectivity index (χ1) is 13.3. The third-order valence-corrected chi connectivity index (χ3v) is 4.42. The molecule has 1 aliphatic rings. The molecule has 1 aromatic heterocycles. The number of ether oxygens (including phenoxy) is 1. The molecule has 3 rings (SSSR count). The van der Waals surface area contributed by atoms with Crippen LogP contribution in [0.15, 0.2) is 40.8 Å². The number of carbonyl (C=O) groups is 4. The minimum Gasteiger partial charge on any atom is -0.465 e. The number of nitrogens with zero attached hydrogens (tertiary/aromatic N) is 1. The molecule has 2 heterocycles. The summed E-state index contributed by atoms with van der Waals surface area (Å²) in [6.45, 7) is 2.71. The average Bonchev–Trinajstić information content (AvgIpc) is 3.19. The summed E-state index contributed by atoms with van der Waals surface area (Å²) in [5.74, 6) is -0.995. The van der Waals surface area contributed by atoms with E-state index in [9.17, 15) is 19.2 Å². The molecule has 1 fully saturated rings. The van der Waals surface area contributed by atoms with Gasteiger partial charge < -0.3 is 19.8 Å². The highest BCUT2D eigenvalue weighted by Gasteiger charge is 2.51. The Bertz CT molecular complexity index is 966. The maximum atomic E-state index is 12.8. The molecule has 0 radical (unpaired) electrons. The minimum absolute atomic E-state index is 0.159. The van der Waals surface area contributed by atoms with Gasteiger partial charge >= 0.3 is 12.0 Å². The molecule has 0 aliphatic carbocycles. The van der Waals surface area contributed by atoms with Gasteiger partial charge in [-0.25, -0.2) is 9.59 Å². The first-order valence-corrected chi connectivity index (χ1v) is 8.44. The van der Waals surface area contributed by atoms with E-state index in [-0.39, 0.29) is 17.0 Å². The molecule has 1 saturated heterocycles. The lowest BCUT2D eigenvalue weighted by molar-refractivity contribution is -0.134. The number of anilines is 1. The molecule has 9 nitrogen and oxygen atoms in total. The van der Waals surface area contributed by atoms with Gasteiger partial charge in [-0.3, -0.25) is 14.5 Å². The molecule has 1 unspecified atom stereocenters. The summed E-state index contributed by atoms with van der Waals surface area (Å²) >= 11 is 0. The van der Waals surface area contributed by atoms with Crippen molar-refractivity contribution in [3.05, 3.63) is 53.5 Å². The monoisotopic (exact) mass is 385 g/mol. The minimum atomic E-state index is -1.39. The van der Waals surface area contributed by atoms with Gasteiger partial charge in [-0.15, -0.1) is 0 Å². The molecule has 2 aromatic rings. The zero-order valence-corrected chi connectivity index (χ0v) is 15.6. The van der Waals surface area contributed by atoms with Crippen LogP contribution in [-0.2, 0) is 19.9 Å². The fourth-order valence-corrected chi connectivity index (χ4v) is 2.92. The van der Waals surface area contributed by atoms with Crippen LogP contribution in [0.5, 0.6) is 0 Å². The number of furan rings is 1. The largest absolute Gasteiger partial charge is 0.465 e.